The number of rotatable bonds is 7. The lowest BCUT2D eigenvalue weighted by Crippen LogP contribution is -2.41. The Bertz CT molecular complexity index is 1200. The molecule has 0 radical (unpaired) electrons. The number of carbonyl (C=O) groups excluding carboxylic acids is 1. The van der Waals surface area contributed by atoms with Crippen molar-refractivity contribution in [1.82, 2.24) is 4.31 Å². The maximum Gasteiger partial charge on any atom is 0.243 e. The van der Waals surface area contributed by atoms with Crippen LogP contribution in [0, 0.1) is 12.8 Å². The predicted molar refractivity (Wildman–Crippen MR) is 136 cm³/mol. The van der Waals surface area contributed by atoms with Crippen molar-refractivity contribution in [2.45, 2.75) is 31.2 Å². The summed E-state index contributed by atoms with van der Waals surface area (Å²) in [6.45, 7) is 3.42. The van der Waals surface area contributed by atoms with E-state index in [-0.39, 0.29) is 11.8 Å². The van der Waals surface area contributed by atoms with Crippen molar-refractivity contribution in [1.29, 1.82) is 0 Å². The zero-order chi connectivity index (χ0) is 24.1. The van der Waals surface area contributed by atoms with Gasteiger partial charge in [0.05, 0.1) is 4.90 Å². The Hall–Kier alpha value is -3.16. The van der Waals surface area contributed by atoms with E-state index >= 15 is 0 Å². The second-order valence-corrected chi connectivity index (χ2v) is 10.8. The molecule has 7 heteroatoms. The van der Waals surface area contributed by atoms with Crippen molar-refractivity contribution in [2.75, 3.05) is 30.4 Å². The number of sulfonamides is 1. The second kappa shape index (κ2) is 10.4. The van der Waals surface area contributed by atoms with Crippen molar-refractivity contribution < 1.29 is 13.2 Å². The second-order valence-electron chi connectivity index (χ2n) is 8.87. The first-order valence-corrected chi connectivity index (χ1v) is 13.0. The molecule has 3 aromatic rings. The highest BCUT2D eigenvalue weighted by molar-refractivity contribution is 7.89. The van der Waals surface area contributed by atoms with Crippen LogP contribution in [0.3, 0.4) is 0 Å². The van der Waals surface area contributed by atoms with Crippen LogP contribution in [0.4, 0.5) is 11.4 Å². The lowest BCUT2D eigenvalue weighted by Gasteiger charge is -2.30. The summed E-state index contributed by atoms with van der Waals surface area (Å²) in [4.78, 5) is 15.3. The summed E-state index contributed by atoms with van der Waals surface area (Å²) < 4.78 is 27.3. The first-order valence-electron chi connectivity index (χ1n) is 11.6. The molecule has 1 amide bonds. The molecule has 0 bridgehead atoms. The number of aryl methyl sites for hydroxylation is 1. The Morgan fingerprint density at radius 1 is 0.941 bits per heavy atom. The molecule has 1 aliphatic heterocycles. The summed E-state index contributed by atoms with van der Waals surface area (Å²) in [5, 5.41) is 2.99. The summed E-state index contributed by atoms with van der Waals surface area (Å²) in [6, 6.07) is 25.0. The van der Waals surface area contributed by atoms with Gasteiger partial charge >= 0.3 is 0 Å². The predicted octanol–water partition coefficient (Wildman–Crippen LogP) is 4.67. The van der Waals surface area contributed by atoms with Gasteiger partial charge in [-0.2, -0.15) is 4.31 Å². The molecule has 0 unspecified atom stereocenters. The van der Waals surface area contributed by atoms with Crippen molar-refractivity contribution >= 4 is 27.3 Å². The van der Waals surface area contributed by atoms with Crippen LogP contribution in [0.25, 0.3) is 0 Å². The minimum atomic E-state index is -3.53. The number of piperidine rings is 1. The summed E-state index contributed by atoms with van der Waals surface area (Å²) in [5.74, 6) is -0.261. The fourth-order valence-electron chi connectivity index (χ4n) is 4.21. The molecule has 0 spiro atoms. The van der Waals surface area contributed by atoms with E-state index in [9.17, 15) is 13.2 Å². The van der Waals surface area contributed by atoms with E-state index in [1.54, 1.807) is 24.3 Å². The first-order chi connectivity index (χ1) is 16.3. The smallest absolute Gasteiger partial charge is 0.243 e. The summed E-state index contributed by atoms with van der Waals surface area (Å²) in [5.41, 5.74) is 4.07. The zero-order valence-electron chi connectivity index (χ0n) is 19.6. The van der Waals surface area contributed by atoms with Crippen LogP contribution in [0.1, 0.15) is 24.0 Å². The van der Waals surface area contributed by atoms with Crippen LogP contribution in [0.2, 0.25) is 0 Å². The fourth-order valence-corrected chi connectivity index (χ4v) is 5.68. The molecule has 0 aromatic heterocycles. The number of amides is 1. The first kappa shape index (κ1) is 24.0. The molecular formula is C27H31N3O3S. The Morgan fingerprint density at radius 2 is 1.56 bits per heavy atom. The van der Waals surface area contributed by atoms with E-state index in [2.05, 4.69) is 22.3 Å². The molecule has 0 saturated carbocycles. The normalized spacial score (nSPS) is 15.1. The molecule has 34 heavy (non-hydrogen) atoms. The molecule has 6 nitrogen and oxygen atoms in total. The molecule has 0 atom stereocenters. The minimum absolute atomic E-state index is 0.0576. The SMILES string of the molecule is Cc1ccc(S(=O)(=O)N2CCC(C(=O)Nc3ccc(N(C)Cc4ccccc4)cc3)CC2)cc1. The minimum Gasteiger partial charge on any atom is -0.370 e. The van der Waals surface area contributed by atoms with Crippen LogP contribution >= 0.6 is 0 Å². The summed E-state index contributed by atoms with van der Waals surface area (Å²) in [6.07, 6.45) is 1.02. The van der Waals surface area contributed by atoms with Crippen molar-refractivity contribution in [3.8, 4) is 0 Å². The fraction of sp³-hybridized carbons (Fsp3) is 0.296. The van der Waals surface area contributed by atoms with Gasteiger partial charge in [0.15, 0.2) is 0 Å². The molecule has 0 aliphatic carbocycles. The molecule has 178 valence electrons. The molecule has 1 aliphatic rings. The molecule has 3 aromatic carbocycles. The Balaban J connectivity index is 1.30. The molecule has 1 saturated heterocycles. The third kappa shape index (κ3) is 5.66. The van der Waals surface area contributed by atoms with Gasteiger partial charge in [0.1, 0.15) is 0 Å². The number of anilines is 2. The highest BCUT2D eigenvalue weighted by atomic mass is 32.2. The topological polar surface area (TPSA) is 69.7 Å². The highest BCUT2D eigenvalue weighted by Gasteiger charge is 2.32. The molecular weight excluding hydrogens is 446 g/mol. The quantitative estimate of drug-likeness (QED) is 0.537. The number of hydrogen-bond acceptors (Lipinski definition) is 4. The third-order valence-corrected chi connectivity index (χ3v) is 8.23. The van der Waals surface area contributed by atoms with Gasteiger partial charge in [-0.3, -0.25) is 4.79 Å². The van der Waals surface area contributed by atoms with E-state index in [0.29, 0.717) is 30.8 Å². The third-order valence-electron chi connectivity index (χ3n) is 6.32. The average molecular weight is 478 g/mol. The van der Waals surface area contributed by atoms with Crippen LogP contribution < -0.4 is 10.2 Å². The van der Waals surface area contributed by atoms with E-state index in [1.807, 2.05) is 56.4 Å². The Labute approximate surface area is 202 Å². The number of hydrogen-bond donors (Lipinski definition) is 1. The van der Waals surface area contributed by atoms with Gasteiger partial charge in [-0.15, -0.1) is 0 Å². The summed E-state index contributed by atoms with van der Waals surface area (Å²) in [7, 11) is -1.48. The lowest BCUT2D eigenvalue weighted by molar-refractivity contribution is -0.120. The maximum atomic E-state index is 12.9. The highest BCUT2D eigenvalue weighted by Crippen LogP contribution is 2.26. The molecule has 4 rings (SSSR count). The number of nitrogens with zero attached hydrogens (tertiary/aromatic N) is 2. The van der Waals surface area contributed by atoms with Gasteiger partial charge in [-0.1, -0.05) is 48.0 Å². The number of carbonyl (C=O) groups is 1. The molecule has 1 fully saturated rings. The van der Waals surface area contributed by atoms with Crippen LogP contribution in [-0.2, 0) is 21.4 Å². The van der Waals surface area contributed by atoms with Crippen LogP contribution in [-0.4, -0.2) is 38.8 Å². The van der Waals surface area contributed by atoms with Crippen LogP contribution in [0.15, 0.2) is 83.8 Å². The Kier molecular flexibility index (Phi) is 7.34. The van der Waals surface area contributed by atoms with E-state index in [0.717, 1.165) is 23.5 Å². The average Bonchev–Trinajstić information content (AvgIpc) is 2.85. The van der Waals surface area contributed by atoms with E-state index in [1.165, 1.54) is 9.87 Å². The number of nitrogens with one attached hydrogen (secondary N) is 1. The maximum absolute atomic E-state index is 12.9. The summed E-state index contributed by atoms with van der Waals surface area (Å²) >= 11 is 0. The lowest BCUT2D eigenvalue weighted by atomic mass is 9.97. The number of benzene rings is 3. The van der Waals surface area contributed by atoms with Gasteiger partial charge in [0.25, 0.3) is 0 Å². The standard InChI is InChI=1S/C27H31N3O3S/c1-21-8-14-26(15-9-21)34(32,33)30-18-16-23(17-19-30)27(31)28-24-10-12-25(13-11-24)29(2)20-22-6-4-3-5-7-22/h3-15,23H,16-20H2,1-2H3,(H,28,31). The zero-order valence-corrected chi connectivity index (χ0v) is 20.5. The van der Waals surface area contributed by atoms with E-state index < -0.39 is 10.0 Å². The van der Waals surface area contributed by atoms with Gasteiger partial charge in [-0.05, 0) is 61.7 Å². The van der Waals surface area contributed by atoms with Crippen LogP contribution in [0.5, 0.6) is 0 Å². The Morgan fingerprint density at radius 3 is 2.18 bits per heavy atom. The van der Waals surface area contributed by atoms with Gasteiger partial charge in [0.2, 0.25) is 15.9 Å². The monoisotopic (exact) mass is 477 g/mol. The van der Waals surface area contributed by atoms with Crippen molar-refractivity contribution in [3.63, 3.8) is 0 Å². The molecule has 1 heterocycles. The largest absolute Gasteiger partial charge is 0.370 e. The van der Waals surface area contributed by atoms with Gasteiger partial charge < -0.3 is 10.2 Å². The van der Waals surface area contributed by atoms with Gasteiger partial charge in [0, 0.05) is 44.0 Å². The van der Waals surface area contributed by atoms with E-state index in [4.69, 9.17) is 0 Å². The van der Waals surface area contributed by atoms with Crippen molar-refractivity contribution in [2.24, 2.45) is 5.92 Å². The molecule has 1 N–H and O–H groups in total. The van der Waals surface area contributed by atoms with Gasteiger partial charge in [-0.25, -0.2) is 8.42 Å². The van der Waals surface area contributed by atoms with Crippen molar-refractivity contribution in [3.05, 3.63) is 90.0 Å².